The summed E-state index contributed by atoms with van der Waals surface area (Å²) in [7, 11) is 0. The third-order valence-corrected chi connectivity index (χ3v) is 3.66. The van der Waals surface area contributed by atoms with Crippen molar-refractivity contribution in [1.29, 1.82) is 0 Å². The molecule has 5 heteroatoms. The van der Waals surface area contributed by atoms with Crippen LogP contribution in [0, 0.1) is 0 Å². The van der Waals surface area contributed by atoms with Gasteiger partial charge in [-0.2, -0.15) is 0 Å². The van der Waals surface area contributed by atoms with E-state index in [1.807, 2.05) is 37.3 Å². The second-order valence-electron chi connectivity index (χ2n) is 5.62. The van der Waals surface area contributed by atoms with Crippen molar-refractivity contribution in [3.05, 3.63) is 47.5 Å². The van der Waals surface area contributed by atoms with Crippen LogP contribution in [0.1, 0.15) is 45.7 Å². The molecular formula is C19H25NO4. The molecule has 0 spiro atoms. The lowest BCUT2D eigenvalue weighted by Crippen LogP contribution is -2.35. The zero-order chi connectivity index (χ0) is 18.1. The minimum absolute atomic E-state index is 0.149. The predicted octanol–water partition coefficient (Wildman–Crippen LogP) is 3.06. The van der Waals surface area contributed by atoms with Gasteiger partial charge in [0.05, 0.1) is 19.1 Å². The molecule has 0 fully saturated rings. The van der Waals surface area contributed by atoms with E-state index in [1.165, 1.54) is 6.92 Å². The van der Waals surface area contributed by atoms with Crippen molar-refractivity contribution in [3.8, 4) is 0 Å². The second-order valence-corrected chi connectivity index (χ2v) is 5.62. The first-order valence-electron chi connectivity index (χ1n) is 8.04. The molecule has 0 aliphatic carbocycles. The lowest BCUT2D eigenvalue weighted by atomic mass is 10.1. The van der Waals surface area contributed by atoms with E-state index in [1.54, 1.807) is 24.8 Å². The summed E-state index contributed by atoms with van der Waals surface area (Å²) < 4.78 is 4.94. The Morgan fingerprint density at radius 1 is 1.17 bits per heavy atom. The molecular weight excluding hydrogens is 306 g/mol. The summed E-state index contributed by atoms with van der Waals surface area (Å²) in [6.45, 7) is 7.23. The number of esters is 1. The Hall–Kier alpha value is -2.43. The van der Waals surface area contributed by atoms with E-state index in [2.05, 4.69) is 0 Å². The van der Waals surface area contributed by atoms with Gasteiger partial charge in [-0.25, -0.2) is 4.79 Å². The molecule has 0 aliphatic rings. The summed E-state index contributed by atoms with van der Waals surface area (Å²) in [5, 5.41) is 0. The minimum atomic E-state index is -0.399. The van der Waals surface area contributed by atoms with Gasteiger partial charge in [-0.15, -0.1) is 0 Å². The number of benzene rings is 1. The van der Waals surface area contributed by atoms with Crippen LogP contribution in [0.3, 0.4) is 0 Å². The van der Waals surface area contributed by atoms with Crippen molar-refractivity contribution in [2.24, 2.45) is 0 Å². The lowest BCUT2D eigenvalue weighted by Gasteiger charge is -2.28. The van der Waals surface area contributed by atoms with Gasteiger partial charge in [-0.3, -0.25) is 9.59 Å². The highest BCUT2D eigenvalue weighted by Crippen LogP contribution is 2.21. The van der Waals surface area contributed by atoms with E-state index in [-0.39, 0.29) is 30.7 Å². The summed E-state index contributed by atoms with van der Waals surface area (Å²) in [4.78, 5) is 37.0. The maximum absolute atomic E-state index is 12.4. The van der Waals surface area contributed by atoms with E-state index in [0.717, 1.165) is 5.56 Å². The second kappa shape index (κ2) is 9.65. The van der Waals surface area contributed by atoms with Crippen molar-refractivity contribution in [2.45, 2.75) is 40.2 Å². The molecule has 0 aliphatic heterocycles. The van der Waals surface area contributed by atoms with Crippen LogP contribution in [0.15, 0.2) is 42.0 Å². The molecule has 1 aromatic carbocycles. The number of hydrogen-bond acceptors (Lipinski definition) is 4. The summed E-state index contributed by atoms with van der Waals surface area (Å²) in [5.74, 6) is -0.841. The van der Waals surface area contributed by atoms with Gasteiger partial charge in [-0.05, 0) is 33.3 Å². The van der Waals surface area contributed by atoms with E-state index < -0.39 is 5.97 Å². The van der Waals surface area contributed by atoms with E-state index in [0.29, 0.717) is 12.2 Å². The first-order chi connectivity index (χ1) is 11.4. The number of ether oxygens (including phenoxy) is 1. The SMILES string of the molecule is CCOC(=O)/C(C)=C/CN(C(=O)CC(C)=O)[C@H](C)c1ccccc1. The van der Waals surface area contributed by atoms with E-state index in [9.17, 15) is 14.4 Å². The van der Waals surface area contributed by atoms with Gasteiger partial charge in [-0.1, -0.05) is 36.4 Å². The van der Waals surface area contributed by atoms with Crippen LogP contribution in [-0.4, -0.2) is 35.7 Å². The topological polar surface area (TPSA) is 63.7 Å². The van der Waals surface area contributed by atoms with Crippen LogP contribution in [0.4, 0.5) is 0 Å². The summed E-state index contributed by atoms with van der Waals surface area (Å²) in [5.41, 5.74) is 1.41. The van der Waals surface area contributed by atoms with Crippen LogP contribution in [0.25, 0.3) is 0 Å². The number of carbonyl (C=O) groups excluding carboxylic acids is 3. The van der Waals surface area contributed by atoms with E-state index in [4.69, 9.17) is 4.74 Å². The van der Waals surface area contributed by atoms with Gasteiger partial charge in [0.25, 0.3) is 0 Å². The molecule has 130 valence electrons. The molecule has 0 heterocycles. The van der Waals surface area contributed by atoms with Gasteiger partial charge in [0.15, 0.2) is 0 Å². The molecule has 0 aromatic heterocycles. The number of Topliss-reactive ketones (excluding diaryl/α,β-unsaturated/α-hetero) is 1. The minimum Gasteiger partial charge on any atom is -0.463 e. The molecule has 1 rings (SSSR count). The predicted molar refractivity (Wildman–Crippen MR) is 92.3 cm³/mol. The van der Waals surface area contributed by atoms with Crippen LogP contribution in [0.5, 0.6) is 0 Å². The Kier molecular flexibility index (Phi) is 7.89. The fourth-order valence-corrected chi connectivity index (χ4v) is 2.27. The molecule has 0 saturated carbocycles. The molecule has 24 heavy (non-hydrogen) atoms. The van der Waals surface area contributed by atoms with Crippen molar-refractivity contribution in [1.82, 2.24) is 4.90 Å². The maximum atomic E-state index is 12.4. The van der Waals surface area contributed by atoms with Gasteiger partial charge in [0.2, 0.25) is 5.91 Å². The fourth-order valence-electron chi connectivity index (χ4n) is 2.27. The zero-order valence-electron chi connectivity index (χ0n) is 14.7. The largest absolute Gasteiger partial charge is 0.463 e. The number of nitrogens with zero attached hydrogens (tertiary/aromatic N) is 1. The van der Waals surface area contributed by atoms with Gasteiger partial charge >= 0.3 is 5.97 Å². The Morgan fingerprint density at radius 2 is 1.79 bits per heavy atom. The Balaban J connectivity index is 2.97. The summed E-state index contributed by atoms with van der Waals surface area (Å²) >= 11 is 0. The molecule has 5 nitrogen and oxygen atoms in total. The van der Waals surface area contributed by atoms with Gasteiger partial charge in [0.1, 0.15) is 5.78 Å². The zero-order valence-corrected chi connectivity index (χ0v) is 14.7. The number of carbonyl (C=O) groups is 3. The Labute approximate surface area is 143 Å². The Bertz CT molecular complexity index is 607. The van der Waals surface area contributed by atoms with E-state index >= 15 is 0 Å². The smallest absolute Gasteiger partial charge is 0.333 e. The highest BCUT2D eigenvalue weighted by Gasteiger charge is 2.22. The normalized spacial score (nSPS) is 12.4. The average molecular weight is 331 g/mol. The first-order valence-corrected chi connectivity index (χ1v) is 8.04. The molecule has 0 bridgehead atoms. The molecule has 1 atom stereocenters. The van der Waals surface area contributed by atoms with Crippen LogP contribution in [-0.2, 0) is 19.1 Å². The molecule has 0 unspecified atom stereocenters. The van der Waals surface area contributed by atoms with Gasteiger partial charge < -0.3 is 9.64 Å². The summed E-state index contributed by atoms with van der Waals surface area (Å²) in [6, 6.07) is 9.37. The Morgan fingerprint density at radius 3 is 2.33 bits per heavy atom. The molecule has 0 saturated heterocycles. The highest BCUT2D eigenvalue weighted by molar-refractivity contribution is 5.97. The maximum Gasteiger partial charge on any atom is 0.333 e. The number of ketones is 1. The number of amides is 1. The highest BCUT2D eigenvalue weighted by atomic mass is 16.5. The molecule has 0 N–H and O–H groups in total. The third kappa shape index (κ3) is 5.99. The van der Waals surface area contributed by atoms with Crippen LogP contribution in [0.2, 0.25) is 0 Å². The van der Waals surface area contributed by atoms with Crippen LogP contribution >= 0.6 is 0 Å². The van der Waals surface area contributed by atoms with Crippen LogP contribution < -0.4 is 0 Å². The number of hydrogen-bond donors (Lipinski definition) is 0. The quantitative estimate of drug-likeness (QED) is 0.417. The van der Waals surface area contributed by atoms with Crippen molar-refractivity contribution in [2.75, 3.05) is 13.2 Å². The molecule has 1 amide bonds. The van der Waals surface area contributed by atoms with Crippen molar-refractivity contribution < 1.29 is 19.1 Å². The number of rotatable bonds is 8. The van der Waals surface area contributed by atoms with Crippen molar-refractivity contribution >= 4 is 17.7 Å². The monoisotopic (exact) mass is 331 g/mol. The third-order valence-electron chi connectivity index (χ3n) is 3.66. The fraction of sp³-hybridized carbons (Fsp3) is 0.421. The van der Waals surface area contributed by atoms with Crippen molar-refractivity contribution in [3.63, 3.8) is 0 Å². The first kappa shape index (κ1) is 19.6. The molecule has 0 radical (unpaired) electrons. The standard InChI is InChI=1S/C19H25NO4/c1-5-24-19(23)14(2)11-12-20(18(22)13-15(3)21)16(4)17-9-7-6-8-10-17/h6-11,16H,5,12-13H2,1-4H3/b14-11+/t16-/m1/s1. The average Bonchev–Trinajstić information content (AvgIpc) is 2.55. The summed E-state index contributed by atoms with van der Waals surface area (Å²) in [6.07, 6.45) is 1.51. The lowest BCUT2D eigenvalue weighted by molar-refractivity contribution is -0.139. The van der Waals surface area contributed by atoms with Gasteiger partial charge in [0, 0.05) is 12.1 Å². The molecule has 1 aromatic rings.